The number of esters is 1. The Balaban J connectivity index is 1.20. The number of likely N-dealkylation sites (N-methyl/N-ethyl adjacent to an activating group) is 1. The Bertz CT molecular complexity index is 2060. The molecular weight excluding hydrogens is 682 g/mol. The van der Waals surface area contributed by atoms with E-state index in [1.54, 1.807) is 24.3 Å². The first-order chi connectivity index (χ1) is 25.7. The van der Waals surface area contributed by atoms with Crippen LogP contribution in [0.4, 0.5) is 8.78 Å². The van der Waals surface area contributed by atoms with Crippen LogP contribution in [0.25, 0.3) is 0 Å². The maximum Gasteiger partial charge on any atom is 0.311 e. The first-order valence-electron chi connectivity index (χ1n) is 17.9. The lowest BCUT2D eigenvalue weighted by molar-refractivity contribution is -0.188. The highest BCUT2D eigenvalue weighted by molar-refractivity contribution is 5.77. The minimum absolute atomic E-state index is 0.00785. The third kappa shape index (κ3) is 6.64. The normalized spacial score (nSPS) is 25.8. The first-order valence-corrected chi connectivity index (χ1v) is 17.9. The molecule has 0 amide bonds. The molecule has 274 valence electrons. The number of nitrogens with zero attached hydrogens (tertiary/aromatic N) is 3. The highest BCUT2D eigenvalue weighted by Gasteiger charge is 2.63. The molecule has 3 atom stereocenters. The number of benzene rings is 3. The van der Waals surface area contributed by atoms with Crippen LogP contribution in [0, 0.1) is 40.2 Å². The van der Waals surface area contributed by atoms with Crippen LogP contribution in [0.2, 0.25) is 0 Å². The van der Waals surface area contributed by atoms with E-state index in [9.17, 15) is 10.1 Å². The number of halogens is 2. The van der Waals surface area contributed by atoms with Gasteiger partial charge in [0.1, 0.15) is 18.0 Å². The largest absolute Gasteiger partial charge is 0.485 e. The summed E-state index contributed by atoms with van der Waals surface area (Å²) in [6.07, 6.45) is 3.40. The van der Waals surface area contributed by atoms with Crippen molar-refractivity contribution >= 4 is 5.97 Å². The summed E-state index contributed by atoms with van der Waals surface area (Å²) in [6, 6.07) is 23.2. The number of ether oxygens (including phenoxy) is 5. The summed E-state index contributed by atoms with van der Waals surface area (Å²) in [6.45, 7) is 1.71. The van der Waals surface area contributed by atoms with E-state index in [0.29, 0.717) is 31.4 Å². The lowest BCUT2D eigenvalue weighted by atomic mass is 9.48. The molecule has 0 spiro atoms. The molecule has 3 unspecified atom stereocenters. The average Bonchev–Trinajstić information content (AvgIpc) is 3.59. The Morgan fingerprint density at radius 3 is 2.32 bits per heavy atom. The molecule has 2 heterocycles. The van der Waals surface area contributed by atoms with Gasteiger partial charge >= 0.3 is 5.97 Å². The molecule has 10 nitrogen and oxygen atoms in total. The van der Waals surface area contributed by atoms with Gasteiger partial charge in [0.05, 0.1) is 30.3 Å². The number of rotatable bonds is 11. The van der Waals surface area contributed by atoms with Crippen LogP contribution in [0.15, 0.2) is 72.8 Å². The molecule has 4 aliphatic carbocycles. The van der Waals surface area contributed by atoms with Crippen molar-refractivity contribution in [2.24, 2.45) is 17.3 Å². The standard InChI is InChI=1S/C41H40F2N4O6/c1-47-15-14-45-36(47)29-10-6-7-11-30(29)51-37-33(42)35(53-41-20-27-16-28(21-41)19-40(18-27,24-41)39(48)49-2)34(43)38(46-37)52-32-17-26(22-44)12-13-31(32)50-23-25-8-4-3-5-9-25/h3-13,17,27-28,36,45H,14-16,18-21,23-24H2,1-2H3. The minimum atomic E-state index is -1.18. The Labute approximate surface area is 306 Å². The highest BCUT2D eigenvalue weighted by atomic mass is 19.1. The zero-order chi connectivity index (χ0) is 36.7. The van der Waals surface area contributed by atoms with E-state index in [-0.39, 0.29) is 54.1 Å². The van der Waals surface area contributed by atoms with Gasteiger partial charge in [-0.2, -0.15) is 19.0 Å². The van der Waals surface area contributed by atoms with Gasteiger partial charge in [-0.3, -0.25) is 15.0 Å². The van der Waals surface area contributed by atoms with E-state index in [0.717, 1.165) is 30.6 Å². The number of hydrogen-bond acceptors (Lipinski definition) is 10. The van der Waals surface area contributed by atoms with Gasteiger partial charge in [-0.25, -0.2) is 0 Å². The minimum Gasteiger partial charge on any atom is -0.485 e. The SMILES string of the molecule is COC(=O)C12CC3CC(CC(Oc4c(F)c(Oc5cc(C#N)ccc5OCc5ccccc5)nc(Oc5ccccc5C5NCCN5C)c4F)(C3)C1)C2. The number of carbonyl (C=O) groups is 1. The second kappa shape index (κ2) is 14.0. The van der Waals surface area contributed by atoms with Gasteiger partial charge in [-0.1, -0.05) is 48.5 Å². The van der Waals surface area contributed by atoms with Crippen LogP contribution < -0.4 is 24.3 Å². The Hall–Kier alpha value is -5.25. The van der Waals surface area contributed by atoms with Gasteiger partial charge in [0.25, 0.3) is 11.8 Å². The number of nitrogens with one attached hydrogen (secondary N) is 1. The van der Waals surface area contributed by atoms with Crippen molar-refractivity contribution in [2.75, 3.05) is 27.2 Å². The lowest BCUT2D eigenvalue weighted by Crippen LogP contribution is -2.60. The molecule has 5 aliphatic rings. The molecule has 0 radical (unpaired) electrons. The van der Waals surface area contributed by atoms with Crippen molar-refractivity contribution in [3.63, 3.8) is 0 Å². The fourth-order valence-electron chi connectivity index (χ4n) is 9.21. The van der Waals surface area contributed by atoms with Crippen molar-refractivity contribution in [2.45, 2.75) is 56.9 Å². The average molecular weight is 723 g/mol. The van der Waals surface area contributed by atoms with Crippen LogP contribution in [-0.4, -0.2) is 48.7 Å². The summed E-state index contributed by atoms with van der Waals surface area (Å²) in [5.41, 5.74) is 0.0456. The lowest BCUT2D eigenvalue weighted by Gasteiger charge is -2.60. The molecule has 1 saturated heterocycles. The summed E-state index contributed by atoms with van der Waals surface area (Å²) in [7, 11) is 3.34. The van der Waals surface area contributed by atoms with Gasteiger partial charge in [0.15, 0.2) is 11.5 Å². The molecule has 5 fully saturated rings. The highest BCUT2D eigenvalue weighted by Crippen LogP contribution is 2.63. The number of para-hydroxylation sites is 1. The van der Waals surface area contributed by atoms with E-state index in [1.807, 2.05) is 49.5 Å². The van der Waals surface area contributed by atoms with E-state index in [4.69, 9.17) is 23.7 Å². The molecule has 1 aromatic heterocycles. The molecule has 4 saturated carbocycles. The third-order valence-corrected chi connectivity index (χ3v) is 11.1. The molecule has 1 aliphatic heterocycles. The molecule has 3 aromatic carbocycles. The fourth-order valence-corrected chi connectivity index (χ4v) is 9.21. The maximum absolute atomic E-state index is 16.9. The second-order valence-corrected chi connectivity index (χ2v) is 14.8. The summed E-state index contributed by atoms with van der Waals surface area (Å²) in [5, 5.41) is 13.1. The van der Waals surface area contributed by atoms with Gasteiger partial charge in [-0.05, 0) is 74.8 Å². The Morgan fingerprint density at radius 1 is 0.943 bits per heavy atom. The van der Waals surface area contributed by atoms with Crippen molar-refractivity contribution in [1.82, 2.24) is 15.2 Å². The molecule has 9 rings (SSSR count). The zero-order valence-electron chi connectivity index (χ0n) is 29.6. The van der Waals surface area contributed by atoms with Crippen molar-refractivity contribution in [1.29, 1.82) is 5.26 Å². The van der Waals surface area contributed by atoms with Gasteiger partial charge < -0.3 is 23.7 Å². The summed E-state index contributed by atoms with van der Waals surface area (Å²) < 4.78 is 63.8. The summed E-state index contributed by atoms with van der Waals surface area (Å²) in [4.78, 5) is 19.5. The predicted octanol–water partition coefficient (Wildman–Crippen LogP) is 7.82. The number of hydrogen-bond donors (Lipinski definition) is 1. The number of methoxy groups -OCH3 is 1. The van der Waals surface area contributed by atoms with E-state index < -0.39 is 40.2 Å². The van der Waals surface area contributed by atoms with Gasteiger partial charge in [0.2, 0.25) is 17.4 Å². The van der Waals surface area contributed by atoms with E-state index in [1.165, 1.54) is 13.2 Å². The number of aromatic nitrogens is 1. The van der Waals surface area contributed by atoms with Crippen LogP contribution in [0.1, 0.15) is 61.4 Å². The Morgan fingerprint density at radius 2 is 1.64 bits per heavy atom. The van der Waals surface area contributed by atoms with E-state index >= 15 is 8.78 Å². The number of pyridine rings is 1. The summed E-state index contributed by atoms with van der Waals surface area (Å²) >= 11 is 0. The maximum atomic E-state index is 16.9. The van der Waals surface area contributed by atoms with Crippen LogP contribution >= 0.6 is 0 Å². The van der Waals surface area contributed by atoms with Crippen LogP contribution in [0.5, 0.6) is 34.8 Å². The van der Waals surface area contributed by atoms with Crippen molar-refractivity contribution in [3.05, 3.63) is 101 Å². The van der Waals surface area contributed by atoms with Gasteiger partial charge in [0, 0.05) is 31.1 Å². The Kier molecular flexibility index (Phi) is 9.16. The fraction of sp³-hybridized carbons (Fsp3) is 0.390. The molecule has 1 N–H and O–H groups in total. The second-order valence-electron chi connectivity index (χ2n) is 14.8. The topological polar surface area (TPSA) is 115 Å². The monoisotopic (exact) mass is 722 g/mol. The number of carbonyl (C=O) groups excluding carboxylic acids is 1. The molecule has 12 heteroatoms. The molecular formula is C41H40F2N4O6. The van der Waals surface area contributed by atoms with Crippen LogP contribution in [0.3, 0.4) is 0 Å². The molecule has 4 bridgehead atoms. The van der Waals surface area contributed by atoms with Gasteiger partial charge in [-0.15, -0.1) is 0 Å². The number of nitriles is 1. The molecule has 4 aromatic rings. The quantitative estimate of drug-likeness (QED) is 0.154. The summed E-state index contributed by atoms with van der Waals surface area (Å²) in [5.74, 6) is -3.70. The first kappa shape index (κ1) is 34.8. The smallest absolute Gasteiger partial charge is 0.311 e. The van der Waals surface area contributed by atoms with Crippen LogP contribution in [-0.2, 0) is 16.1 Å². The van der Waals surface area contributed by atoms with Crippen molar-refractivity contribution < 1.29 is 37.3 Å². The molecule has 53 heavy (non-hydrogen) atoms. The zero-order valence-corrected chi connectivity index (χ0v) is 29.6. The predicted molar refractivity (Wildman–Crippen MR) is 189 cm³/mol. The third-order valence-electron chi connectivity index (χ3n) is 11.1. The van der Waals surface area contributed by atoms with E-state index in [2.05, 4.69) is 21.3 Å². The van der Waals surface area contributed by atoms with Crippen molar-refractivity contribution in [3.8, 4) is 40.8 Å².